The van der Waals surface area contributed by atoms with E-state index in [1.165, 1.54) is 4.90 Å². The van der Waals surface area contributed by atoms with Gasteiger partial charge in [-0.15, -0.1) is 0 Å². The van der Waals surface area contributed by atoms with Crippen molar-refractivity contribution in [1.29, 1.82) is 0 Å². The van der Waals surface area contributed by atoms with E-state index in [2.05, 4.69) is 10.4 Å². The molecule has 0 atom stereocenters. The Hall–Kier alpha value is -3.37. The Bertz CT molecular complexity index is 1070. The summed E-state index contributed by atoms with van der Waals surface area (Å²) in [4.78, 5) is 41.8. The zero-order chi connectivity index (χ0) is 25.7. The highest BCUT2D eigenvalue weighted by molar-refractivity contribution is 5.97. The van der Waals surface area contributed by atoms with E-state index in [1.54, 1.807) is 35.2 Å². The summed E-state index contributed by atoms with van der Waals surface area (Å²) in [5.74, 6) is -1.49. The molecule has 36 heavy (non-hydrogen) atoms. The maximum absolute atomic E-state index is 13.6. The zero-order valence-corrected chi connectivity index (χ0v) is 20.0. The van der Waals surface area contributed by atoms with Gasteiger partial charge in [-0.25, -0.2) is 9.48 Å². The third-order valence-electron chi connectivity index (χ3n) is 6.70. The van der Waals surface area contributed by atoms with E-state index in [0.29, 0.717) is 31.6 Å². The normalized spacial score (nSPS) is 16.7. The number of nitrogens with zero attached hydrogens (tertiary/aromatic N) is 4. The molecular weight excluding hydrogens is 475 g/mol. The monoisotopic (exact) mass is 505 g/mol. The molecule has 1 saturated carbocycles. The molecule has 8 nitrogen and oxygen atoms in total. The van der Waals surface area contributed by atoms with Gasteiger partial charge in [0.1, 0.15) is 0 Å². The van der Waals surface area contributed by atoms with Crippen LogP contribution in [-0.2, 0) is 11.0 Å². The first-order valence-electron chi connectivity index (χ1n) is 12.4. The molecule has 2 aromatic rings. The van der Waals surface area contributed by atoms with Gasteiger partial charge in [0.05, 0.1) is 11.3 Å². The van der Waals surface area contributed by atoms with Crippen LogP contribution in [0.5, 0.6) is 0 Å². The highest BCUT2D eigenvalue weighted by Crippen LogP contribution is 2.31. The number of amides is 4. The van der Waals surface area contributed by atoms with Crippen molar-refractivity contribution in [3.63, 3.8) is 0 Å². The van der Waals surface area contributed by atoms with Crippen LogP contribution in [0.1, 0.15) is 61.0 Å². The number of nitrogens with one attached hydrogen (secondary N) is 1. The van der Waals surface area contributed by atoms with E-state index in [9.17, 15) is 27.6 Å². The Balaban J connectivity index is 1.47. The molecule has 0 unspecified atom stereocenters. The minimum atomic E-state index is -4.83. The Morgan fingerprint density at radius 1 is 1.00 bits per heavy atom. The van der Waals surface area contributed by atoms with Crippen molar-refractivity contribution in [3.05, 3.63) is 47.8 Å². The van der Waals surface area contributed by atoms with Gasteiger partial charge < -0.3 is 10.2 Å². The van der Waals surface area contributed by atoms with Crippen molar-refractivity contribution in [1.82, 2.24) is 24.9 Å². The number of carbonyl (C=O) groups is 3. The fourth-order valence-corrected chi connectivity index (χ4v) is 4.79. The number of halogens is 3. The molecule has 1 saturated heterocycles. The number of carbonyl (C=O) groups excluding carboxylic acids is 3. The molecule has 1 N–H and O–H groups in total. The standard InChI is InChI=1S/C25H30F3N5O3/c26-25(27,28)21-20(17-33(30-21)19-11-5-2-6-12-19)22(34)29-13-16-32(24(36)31-14-7-8-15-31)23(35)18-9-3-1-4-10-18/h2,5-6,11-12,17-18H,1,3-4,7-10,13-16H2,(H,29,34). The molecule has 194 valence electrons. The number of hydrogen-bond donors (Lipinski definition) is 1. The topological polar surface area (TPSA) is 87.5 Å². The first kappa shape index (κ1) is 25.7. The highest BCUT2D eigenvalue weighted by atomic mass is 19.4. The van der Waals surface area contributed by atoms with E-state index >= 15 is 0 Å². The number of urea groups is 1. The second-order valence-corrected chi connectivity index (χ2v) is 9.23. The average molecular weight is 506 g/mol. The fourth-order valence-electron chi connectivity index (χ4n) is 4.79. The third-order valence-corrected chi connectivity index (χ3v) is 6.70. The molecule has 0 bridgehead atoms. The van der Waals surface area contributed by atoms with E-state index in [1.807, 2.05) is 0 Å². The molecule has 0 radical (unpaired) electrons. The molecular formula is C25H30F3N5O3. The van der Waals surface area contributed by atoms with E-state index < -0.39 is 29.4 Å². The van der Waals surface area contributed by atoms with Crippen molar-refractivity contribution >= 4 is 17.8 Å². The number of likely N-dealkylation sites (tertiary alicyclic amines) is 1. The predicted molar refractivity (Wildman–Crippen MR) is 125 cm³/mol. The first-order valence-corrected chi connectivity index (χ1v) is 12.4. The molecule has 1 aliphatic heterocycles. The Morgan fingerprint density at radius 3 is 2.31 bits per heavy atom. The Morgan fingerprint density at radius 2 is 1.67 bits per heavy atom. The summed E-state index contributed by atoms with van der Waals surface area (Å²) >= 11 is 0. The molecule has 11 heteroatoms. The van der Waals surface area contributed by atoms with Crippen molar-refractivity contribution in [3.8, 4) is 5.69 Å². The summed E-state index contributed by atoms with van der Waals surface area (Å²) in [6.45, 7) is 0.857. The van der Waals surface area contributed by atoms with Crippen LogP contribution in [0.4, 0.5) is 18.0 Å². The molecule has 1 aromatic heterocycles. The van der Waals surface area contributed by atoms with Crippen molar-refractivity contribution < 1.29 is 27.6 Å². The largest absolute Gasteiger partial charge is 0.435 e. The number of hydrogen-bond acceptors (Lipinski definition) is 4. The van der Waals surface area contributed by atoms with Crippen molar-refractivity contribution in [2.75, 3.05) is 26.2 Å². The third kappa shape index (κ3) is 5.88. The smallest absolute Gasteiger partial charge is 0.350 e. The van der Waals surface area contributed by atoms with Crippen molar-refractivity contribution in [2.45, 2.75) is 51.1 Å². The predicted octanol–water partition coefficient (Wildman–Crippen LogP) is 4.25. The lowest BCUT2D eigenvalue weighted by Gasteiger charge is -2.31. The summed E-state index contributed by atoms with van der Waals surface area (Å²) in [7, 11) is 0. The summed E-state index contributed by atoms with van der Waals surface area (Å²) in [6, 6.07) is 7.78. The number of para-hydroxylation sites is 1. The van der Waals surface area contributed by atoms with Crippen LogP contribution < -0.4 is 5.32 Å². The van der Waals surface area contributed by atoms with Gasteiger partial charge in [-0.3, -0.25) is 14.5 Å². The van der Waals surface area contributed by atoms with E-state index in [0.717, 1.165) is 43.0 Å². The van der Waals surface area contributed by atoms with Crippen LogP contribution >= 0.6 is 0 Å². The highest BCUT2D eigenvalue weighted by Gasteiger charge is 2.39. The lowest BCUT2D eigenvalue weighted by Crippen LogP contribution is -2.50. The number of rotatable bonds is 6. The van der Waals surface area contributed by atoms with Gasteiger partial charge in [-0.05, 0) is 37.8 Å². The number of alkyl halides is 3. The number of aromatic nitrogens is 2. The van der Waals surface area contributed by atoms with Gasteiger partial charge in [0, 0.05) is 38.3 Å². The van der Waals surface area contributed by atoms with E-state index in [4.69, 9.17) is 0 Å². The molecule has 0 spiro atoms. The average Bonchev–Trinajstić information content (AvgIpc) is 3.58. The fraction of sp³-hybridized carbons (Fsp3) is 0.520. The SMILES string of the molecule is O=C(NCCN(C(=O)C1CCCCC1)C(=O)N1CCCC1)c1cn(-c2ccccc2)nc1C(F)(F)F. The minimum absolute atomic E-state index is 0.107. The maximum atomic E-state index is 13.6. The quantitative estimate of drug-likeness (QED) is 0.636. The minimum Gasteiger partial charge on any atom is -0.350 e. The first-order chi connectivity index (χ1) is 17.3. The summed E-state index contributed by atoms with van der Waals surface area (Å²) < 4.78 is 41.9. The summed E-state index contributed by atoms with van der Waals surface area (Å²) in [5, 5.41) is 6.04. The molecule has 2 aliphatic rings. The van der Waals surface area contributed by atoms with Crippen LogP contribution in [-0.4, -0.2) is 63.6 Å². The van der Waals surface area contributed by atoms with Gasteiger partial charge >= 0.3 is 12.2 Å². The number of benzene rings is 1. The molecule has 2 heterocycles. The van der Waals surface area contributed by atoms with Crippen LogP contribution in [0.2, 0.25) is 0 Å². The van der Waals surface area contributed by atoms with Crippen LogP contribution in [0, 0.1) is 5.92 Å². The molecule has 1 aliphatic carbocycles. The van der Waals surface area contributed by atoms with Crippen LogP contribution in [0.25, 0.3) is 5.69 Å². The Kier molecular flexibility index (Phi) is 7.95. The van der Waals surface area contributed by atoms with Gasteiger partial charge in [0.25, 0.3) is 5.91 Å². The lowest BCUT2D eigenvalue weighted by molar-refractivity contribution is -0.141. The second-order valence-electron chi connectivity index (χ2n) is 9.23. The summed E-state index contributed by atoms with van der Waals surface area (Å²) in [6.07, 6.45) is 2.24. The van der Waals surface area contributed by atoms with Crippen LogP contribution in [0.15, 0.2) is 36.5 Å². The van der Waals surface area contributed by atoms with E-state index in [-0.39, 0.29) is 24.9 Å². The van der Waals surface area contributed by atoms with Gasteiger partial charge in [0.2, 0.25) is 5.91 Å². The molecule has 2 fully saturated rings. The molecule has 4 amide bonds. The lowest BCUT2D eigenvalue weighted by atomic mass is 9.88. The summed E-state index contributed by atoms with van der Waals surface area (Å²) in [5.41, 5.74) is -1.54. The zero-order valence-electron chi connectivity index (χ0n) is 20.0. The van der Waals surface area contributed by atoms with Gasteiger partial charge in [-0.2, -0.15) is 18.3 Å². The maximum Gasteiger partial charge on any atom is 0.435 e. The molecule has 1 aromatic carbocycles. The second kappa shape index (κ2) is 11.1. The van der Waals surface area contributed by atoms with Gasteiger partial charge in [-0.1, -0.05) is 37.5 Å². The number of imide groups is 1. The van der Waals surface area contributed by atoms with Crippen molar-refractivity contribution in [2.24, 2.45) is 5.92 Å². The molecule has 4 rings (SSSR count). The van der Waals surface area contributed by atoms with Gasteiger partial charge in [0.15, 0.2) is 5.69 Å². The Labute approximate surface area is 207 Å². The van der Waals surface area contributed by atoms with Crippen LogP contribution in [0.3, 0.4) is 0 Å².